The van der Waals surface area contributed by atoms with Gasteiger partial charge >= 0.3 is 0 Å². The minimum Gasteiger partial charge on any atom is -0.388 e. The molecule has 0 amide bonds. The van der Waals surface area contributed by atoms with Crippen molar-refractivity contribution in [1.82, 2.24) is 29.2 Å². The number of aryl methyl sites for hydroxylation is 1. The zero-order chi connectivity index (χ0) is 20.4. The van der Waals surface area contributed by atoms with Crippen molar-refractivity contribution in [3.63, 3.8) is 0 Å². The van der Waals surface area contributed by atoms with Crippen molar-refractivity contribution in [2.75, 3.05) is 0 Å². The Morgan fingerprint density at radius 1 is 1.17 bits per heavy atom. The molecule has 3 heterocycles. The van der Waals surface area contributed by atoms with Gasteiger partial charge in [0.25, 0.3) is 5.56 Å². The van der Waals surface area contributed by atoms with Crippen LogP contribution in [0.15, 0.2) is 58.4 Å². The number of rotatable bonds is 4. The van der Waals surface area contributed by atoms with Crippen molar-refractivity contribution in [3.05, 3.63) is 76.7 Å². The number of nitrogens with zero attached hydrogens (tertiary/aromatic N) is 6. The SMILES string of the molecule is Cn1cnc2ncn(Cc3nc(C4C5C=C(c6ccccc6)C(O)[C@H]54)no3)c(=O)c21. The van der Waals surface area contributed by atoms with Gasteiger partial charge in [0.1, 0.15) is 12.9 Å². The third kappa shape index (κ3) is 2.48. The molecular formula is C21H18N6O3. The Labute approximate surface area is 170 Å². The first-order valence-electron chi connectivity index (χ1n) is 9.76. The van der Waals surface area contributed by atoms with E-state index in [1.807, 2.05) is 30.3 Å². The lowest BCUT2D eigenvalue weighted by molar-refractivity contribution is 0.208. The van der Waals surface area contributed by atoms with E-state index in [9.17, 15) is 9.90 Å². The zero-order valence-electron chi connectivity index (χ0n) is 16.1. The largest absolute Gasteiger partial charge is 0.388 e. The lowest BCUT2D eigenvalue weighted by atomic mass is 9.98. The smallest absolute Gasteiger partial charge is 0.280 e. The third-order valence-corrected chi connectivity index (χ3v) is 6.08. The Hall–Kier alpha value is -3.59. The highest BCUT2D eigenvalue weighted by atomic mass is 16.5. The zero-order valence-corrected chi connectivity index (χ0v) is 16.1. The van der Waals surface area contributed by atoms with E-state index in [-0.39, 0.29) is 29.9 Å². The van der Waals surface area contributed by atoms with Crippen LogP contribution in [0.3, 0.4) is 0 Å². The van der Waals surface area contributed by atoms with Crippen LogP contribution in [0.5, 0.6) is 0 Å². The molecule has 4 atom stereocenters. The van der Waals surface area contributed by atoms with Crippen molar-refractivity contribution in [2.45, 2.75) is 18.6 Å². The summed E-state index contributed by atoms with van der Waals surface area (Å²) in [5, 5.41) is 14.9. The van der Waals surface area contributed by atoms with Crippen molar-refractivity contribution in [3.8, 4) is 0 Å². The second-order valence-corrected chi connectivity index (χ2v) is 7.86. The first kappa shape index (κ1) is 17.3. The lowest BCUT2D eigenvalue weighted by Gasteiger charge is -2.12. The molecule has 0 radical (unpaired) electrons. The van der Waals surface area contributed by atoms with Crippen LogP contribution in [0.4, 0.5) is 0 Å². The molecule has 2 aliphatic rings. The number of hydrogen-bond donors (Lipinski definition) is 1. The maximum atomic E-state index is 12.7. The molecule has 0 bridgehead atoms. The highest BCUT2D eigenvalue weighted by molar-refractivity contribution is 5.74. The van der Waals surface area contributed by atoms with Gasteiger partial charge in [-0.15, -0.1) is 0 Å². The standard InChI is InChI=1S/C21H18N6O3/c1-26-9-22-20-17(26)21(29)27(10-23-20)8-14-24-19(25-30-14)16-13-7-12(18(28)15(13)16)11-5-3-2-4-6-11/h2-7,9-10,13,15-16,18,28H,8H2,1H3/t13?,15-,16?,18?/m1/s1. The van der Waals surface area contributed by atoms with Gasteiger partial charge < -0.3 is 14.2 Å². The van der Waals surface area contributed by atoms with E-state index in [0.29, 0.717) is 22.9 Å². The molecule has 9 nitrogen and oxygen atoms in total. The summed E-state index contributed by atoms with van der Waals surface area (Å²) in [5.41, 5.74) is 2.63. The predicted octanol–water partition coefficient (Wildman–Crippen LogP) is 1.35. The molecule has 0 aliphatic heterocycles. The van der Waals surface area contributed by atoms with Crippen LogP contribution in [0.1, 0.15) is 23.2 Å². The van der Waals surface area contributed by atoms with Gasteiger partial charge in [-0.1, -0.05) is 41.6 Å². The summed E-state index contributed by atoms with van der Waals surface area (Å²) in [4.78, 5) is 25.5. The van der Waals surface area contributed by atoms with E-state index in [4.69, 9.17) is 4.52 Å². The Kier molecular flexibility index (Phi) is 3.57. The topological polar surface area (TPSA) is 112 Å². The van der Waals surface area contributed by atoms with Crippen LogP contribution in [0, 0.1) is 11.8 Å². The molecule has 3 unspecified atom stereocenters. The number of allylic oxidation sites excluding steroid dienone is 1. The average molecular weight is 402 g/mol. The molecule has 6 rings (SSSR count). The molecule has 0 spiro atoms. The van der Waals surface area contributed by atoms with Gasteiger partial charge in [-0.05, 0) is 17.1 Å². The van der Waals surface area contributed by atoms with Crippen LogP contribution in [-0.4, -0.2) is 40.5 Å². The van der Waals surface area contributed by atoms with Crippen molar-refractivity contribution < 1.29 is 9.63 Å². The summed E-state index contributed by atoms with van der Waals surface area (Å²) in [6, 6.07) is 9.91. The van der Waals surface area contributed by atoms with Crippen LogP contribution in [0.25, 0.3) is 16.7 Å². The molecule has 1 aromatic carbocycles. The van der Waals surface area contributed by atoms with E-state index in [0.717, 1.165) is 11.1 Å². The number of imidazole rings is 1. The summed E-state index contributed by atoms with van der Waals surface area (Å²) < 4.78 is 8.46. The van der Waals surface area contributed by atoms with Crippen LogP contribution in [0.2, 0.25) is 0 Å². The van der Waals surface area contributed by atoms with Gasteiger partial charge in [-0.3, -0.25) is 9.36 Å². The number of hydrogen-bond acceptors (Lipinski definition) is 7. The van der Waals surface area contributed by atoms with Crippen LogP contribution >= 0.6 is 0 Å². The molecule has 0 saturated heterocycles. The van der Waals surface area contributed by atoms with Gasteiger partial charge in [-0.2, -0.15) is 4.98 Å². The van der Waals surface area contributed by atoms with Crippen molar-refractivity contribution in [1.29, 1.82) is 0 Å². The fraction of sp³-hybridized carbons (Fsp3) is 0.286. The highest BCUT2D eigenvalue weighted by Gasteiger charge is 2.60. The van der Waals surface area contributed by atoms with E-state index in [2.05, 4.69) is 26.2 Å². The Morgan fingerprint density at radius 3 is 2.73 bits per heavy atom. The lowest BCUT2D eigenvalue weighted by Crippen LogP contribution is -2.22. The fourth-order valence-electron chi connectivity index (χ4n) is 4.53. The number of aromatic nitrogens is 6. The van der Waals surface area contributed by atoms with Gasteiger partial charge in [0.15, 0.2) is 17.0 Å². The van der Waals surface area contributed by atoms with E-state index in [1.165, 1.54) is 10.9 Å². The minimum absolute atomic E-state index is 0.0411. The molecule has 30 heavy (non-hydrogen) atoms. The predicted molar refractivity (Wildman–Crippen MR) is 106 cm³/mol. The molecular weight excluding hydrogens is 384 g/mol. The first-order valence-corrected chi connectivity index (χ1v) is 9.76. The van der Waals surface area contributed by atoms with Crippen molar-refractivity contribution in [2.24, 2.45) is 18.9 Å². The van der Waals surface area contributed by atoms with Gasteiger partial charge in [0.05, 0.1) is 12.4 Å². The molecule has 9 heteroatoms. The second kappa shape index (κ2) is 6.20. The monoisotopic (exact) mass is 402 g/mol. The molecule has 1 fully saturated rings. The Balaban J connectivity index is 1.24. The Morgan fingerprint density at radius 2 is 1.97 bits per heavy atom. The van der Waals surface area contributed by atoms with E-state index < -0.39 is 6.10 Å². The van der Waals surface area contributed by atoms with E-state index >= 15 is 0 Å². The number of fused-ring (bicyclic) bond motifs is 2. The highest BCUT2D eigenvalue weighted by Crippen LogP contribution is 2.62. The van der Waals surface area contributed by atoms with Crippen LogP contribution < -0.4 is 5.56 Å². The molecule has 3 aromatic heterocycles. The minimum atomic E-state index is -0.539. The normalized spacial score (nSPS) is 24.8. The number of aliphatic hydroxyl groups is 1. The van der Waals surface area contributed by atoms with Crippen molar-refractivity contribution >= 4 is 16.7 Å². The first-order chi connectivity index (χ1) is 14.6. The van der Waals surface area contributed by atoms with Gasteiger partial charge in [0, 0.05) is 18.9 Å². The number of benzene rings is 1. The summed E-state index contributed by atoms with van der Waals surface area (Å²) in [5.74, 6) is 1.23. The molecule has 150 valence electrons. The summed E-state index contributed by atoms with van der Waals surface area (Å²) in [6.07, 6.45) is 4.58. The maximum Gasteiger partial charge on any atom is 0.280 e. The summed E-state index contributed by atoms with van der Waals surface area (Å²) >= 11 is 0. The fourth-order valence-corrected chi connectivity index (χ4v) is 4.53. The molecule has 1 N–H and O–H groups in total. The Bertz CT molecular complexity index is 1350. The molecule has 4 aromatic rings. The van der Waals surface area contributed by atoms with Gasteiger partial charge in [0.2, 0.25) is 5.89 Å². The van der Waals surface area contributed by atoms with E-state index in [1.54, 1.807) is 17.9 Å². The average Bonchev–Trinajstić information content (AvgIpc) is 3.04. The third-order valence-electron chi connectivity index (χ3n) is 6.08. The van der Waals surface area contributed by atoms with Gasteiger partial charge in [-0.25, -0.2) is 9.97 Å². The second-order valence-electron chi connectivity index (χ2n) is 7.86. The quantitative estimate of drug-likeness (QED) is 0.548. The van der Waals surface area contributed by atoms with Crippen LogP contribution in [-0.2, 0) is 13.6 Å². The number of aliphatic hydroxyl groups excluding tert-OH is 1. The molecule has 1 saturated carbocycles. The molecule has 2 aliphatic carbocycles. The summed E-state index contributed by atoms with van der Waals surface area (Å²) in [6.45, 7) is 0.135. The maximum absolute atomic E-state index is 12.7. The summed E-state index contributed by atoms with van der Waals surface area (Å²) in [7, 11) is 1.75.